The Labute approximate surface area is 281 Å². The highest BCUT2D eigenvalue weighted by Gasteiger charge is 2.36. The van der Waals surface area contributed by atoms with Crippen molar-refractivity contribution in [2.45, 2.75) is 63.2 Å². The van der Waals surface area contributed by atoms with Gasteiger partial charge in [-0.05, 0) is 93.6 Å². The molecule has 0 radical (unpaired) electrons. The first-order chi connectivity index (χ1) is 22.8. The summed E-state index contributed by atoms with van der Waals surface area (Å²) < 4.78 is 7.71. The highest BCUT2D eigenvalue weighted by molar-refractivity contribution is 6.30. The van der Waals surface area contributed by atoms with E-state index in [-0.39, 0.29) is 30.1 Å². The maximum absolute atomic E-state index is 13.3. The van der Waals surface area contributed by atoms with Crippen molar-refractivity contribution in [2.75, 3.05) is 56.1 Å². The number of nitrogens with zero attached hydrogens (tertiary/aromatic N) is 6. The Morgan fingerprint density at radius 1 is 0.979 bits per heavy atom. The summed E-state index contributed by atoms with van der Waals surface area (Å²) in [5.74, 6) is 0.574. The Morgan fingerprint density at radius 3 is 2.32 bits per heavy atom. The molecule has 0 bridgehead atoms. The van der Waals surface area contributed by atoms with Gasteiger partial charge in [-0.25, -0.2) is 4.52 Å². The number of aliphatic hydroxyl groups excluding tert-OH is 1. The number of nitrogens with one attached hydrogen (secondary N) is 1. The summed E-state index contributed by atoms with van der Waals surface area (Å²) in [5.41, 5.74) is 4.14. The largest absolute Gasteiger partial charge is 0.395 e. The zero-order valence-electron chi connectivity index (χ0n) is 27.2. The number of hydrogen-bond donors (Lipinski definition) is 2. The zero-order chi connectivity index (χ0) is 32.5. The molecule has 3 aliphatic rings. The van der Waals surface area contributed by atoms with Crippen LogP contribution in [0.1, 0.15) is 55.5 Å². The van der Waals surface area contributed by atoms with E-state index in [1.54, 1.807) is 4.52 Å². The van der Waals surface area contributed by atoms with Crippen LogP contribution in [0.5, 0.6) is 0 Å². The molecule has 2 unspecified atom stereocenters. The van der Waals surface area contributed by atoms with E-state index in [4.69, 9.17) is 21.3 Å². The molecule has 0 spiro atoms. The number of amides is 1. The molecular formula is C36H44ClN7O3. The van der Waals surface area contributed by atoms with Gasteiger partial charge in [0, 0.05) is 73.2 Å². The number of halogens is 1. The molecule has 3 aliphatic heterocycles. The van der Waals surface area contributed by atoms with Gasteiger partial charge in [0.2, 0.25) is 5.95 Å². The molecular weight excluding hydrogens is 614 g/mol. The van der Waals surface area contributed by atoms with Crippen molar-refractivity contribution in [3.8, 4) is 0 Å². The second kappa shape index (κ2) is 13.4. The van der Waals surface area contributed by atoms with Gasteiger partial charge in [-0.15, -0.1) is 5.10 Å². The fourth-order valence-electron chi connectivity index (χ4n) is 7.67. The summed E-state index contributed by atoms with van der Waals surface area (Å²) in [6.45, 7) is 9.45. The molecule has 11 heteroatoms. The van der Waals surface area contributed by atoms with Crippen LogP contribution in [0, 0.1) is 0 Å². The Hall–Kier alpha value is -3.70. The smallest absolute Gasteiger partial charge is 0.253 e. The number of hydrogen-bond acceptors (Lipinski definition) is 8. The monoisotopic (exact) mass is 657 g/mol. The van der Waals surface area contributed by atoms with E-state index in [9.17, 15) is 9.90 Å². The van der Waals surface area contributed by atoms with Gasteiger partial charge in [0.25, 0.3) is 5.91 Å². The van der Waals surface area contributed by atoms with Gasteiger partial charge in [-0.3, -0.25) is 9.69 Å². The first-order valence-electron chi connectivity index (χ1n) is 16.8. The third-order valence-electron chi connectivity index (χ3n) is 10.3. The van der Waals surface area contributed by atoms with Gasteiger partial charge < -0.3 is 25.0 Å². The lowest BCUT2D eigenvalue weighted by atomic mass is 9.73. The summed E-state index contributed by atoms with van der Waals surface area (Å²) >= 11 is 6.12. The van der Waals surface area contributed by atoms with Crippen molar-refractivity contribution in [3.05, 3.63) is 83.0 Å². The van der Waals surface area contributed by atoms with Gasteiger partial charge in [0.05, 0.1) is 24.5 Å². The molecule has 10 nitrogen and oxygen atoms in total. The Balaban J connectivity index is 0.971. The van der Waals surface area contributed by atoms with Crippen LogP contribution in [-0.4, -0.2) is 99.5 Å². The lowest BCUT2D eigenvalue weighted by Gasteiger charge is -2.43. The number of ether oxygens (including phenoxy) is 1. The van der Waals surface area contributed by atoms with Crippen molar-refractivity contribution in [2.24, 2.45) is 0 Å². The van der Waals surface area contributed by atoms with Crippen LogP contribution in [0.4, 0.5) is 17.3 Å². The molecule has 4 aromatic rings. The van der Waals surface area contributed by atoms with Gasteiger partial charge in [0.1, 0.15) is 0 Å². The Kier molecular flexibility index (Phi) is 9.11. The van der Waals surface area contributed by atoms with E-state index in [2.05, 4.69) is 40.1 Å². The summed E-state index contributed by atoms with van der Waals surface area (Å²) in [5, 5.41) is 19.1. The van der Waals surface area contributed by atoms with Crippen LogP contribution in [0.2, 0.25) is 5.02 Å². The van der Waals surface area contributed by atoms with Crippen LogP contribution in [0.25, 0.3) is 5.65 Å². The standard InChI is InChI=1S/C36H44ClN7O3/c1-25-22-43(23-26(2)47-25)31-13-18-42(19-14-31)34(46)27-5-11-30(12-6-27)38-35-39-33-32(4-3-17-44(33)40-35)41-20-15-36(24-45,16-21-41)28-7-9-29(37)10-8-28/h3-12,17,25-26,31,45H,13-16,18-24H2,1-2H3,(H,38,40). The van der Waals surface area contributed by atoms with E-state index in [0.29, 0.717) is 22.6 Å². The van der Waals surface area contributed by atoms with E-state index in [1.807, 2.05) is 65.7 Å². The summed E-state index contributed by atoms with van der Waals surface area (Å²) in [7, 11) is 0. The number of carbonyl (C=O) groups is 1. The molecule has 47 heavy (non-hydrogen) atoms. The number of carbonyl (C=O) groups excluding carboxylic acids is 1. The van der Waals surface area contributed by atoms with Gasteiger partial charge >= 0.3 is 0 Å². The Morgan fingerprint density at radius 2 is 1.66 bits per heavy atom. The number of likely N-dealkylation sites (tertiary alicyclic amines) is 1. The highest BCUT2D eigenvalue weighted by atomic mass is 35.5. The quantitative estimate of drug-likeness (QED) is 0.274. The van der Waals surface area contributed by atoms with Crippen molar-refractivity contribution in [1.82, 2.24) is 24.4 Å². The minimum atomic E-state index is -0.281. The summed E-state index contributed by atoms with van der Waals surface area (Å²) in [6.07, 6.45) is 6.04. The highest BCUT2D eigenvalue weighted by Crippen LogP contribution is 2.38. The van der Waals surface area contributed by atoms with Gasteiger partial charge in [-0.2, -0.15) is 4.98 Å². The Bertz CT molecular complexity index is 1670. The molecule has 2 aromatic heterocycles. The predicted octanol–water partition coefficient (Wildman–Crippen LogP) is 5.37. The molecule has 7 rings (SSSR count). The van der Waals surface area contributed by atoms with Crippen molar-refractivity contribution < 1.29 is 14.6 Å². The lowest BCUT2D eigenvalue weighted by Crippen LogP contribution is -2.53. The summed E-state index contributed by atoms with van der Waals surface area (Å²) in [4.78, 5) is 25.0. The number of rotatable bonds is 7. The average molecular weight is 658 g/mol. The summed E-state index contributed by atoms with van der Waals surface area (Å²) in [6, 6.07) is 20.0. The van der Waals surface area contributed by atoms with Crippen molar-refractivity contribution >= 4 is 40.5 Å². The number of aromatic nitrogens is 3. The van der Waals surface area contributed by atoms with E-state index >= 15 is 0 Å². The van der Waals surface area contributed by atoms with Crippen molar-refractivity contribution in [1.29, 1.82) is 0 Å². The first-order valence-corrected chi connectivity index (χ1v) is 17.2. The maximum atomic E-state index is 13.3. The second-order valence-electron chi connectivity index (χ2n) is 13.5. The number of benzene rings is 2. The average Bonchev–Trinajstić information content (AvgIpc) is 3.51. The van der Waals surface area contributed by atoms with Gasteiger partial charge in [-0.1, -0.05) is 23.7 Å². The van der Waals surface area contributed by atoms with E-state index < -0.39 is 0 Å². The molecule has 3 saturated heterocycles. The van der Waals surface area contributed by atoms with Crippen LogP contribution in [0.15, 0.2) is 66.9 Å². The van der Waals surface area contributed by atoms with Crippen LogP contribution < -0.4 is 10.2 Å². The molecule has 248 valence electrons. The number of morpholine rings is 1. The van der Waals surface area contributed by atoms with Gasteiger partial charge in [0.15, 0.2) is 5.65 Å². The molecule has 3 fully saturated rings. The fourth-order valence-corrected chi connectivity index (χ4v) is 7.79. The molecule has 2 aromatic carbocycles. The second-order valence-corrected chi connectivity index (χ2v) is 13.9. The third kappa shape index (κ3) is 6.69. The van der Waals surface area contributed by atoms with Crippen LogP contribution in [0.3, 0.4) is 0 Å². The number of pyridine rings is 1. The zero-order valence-corrected chi connectivity index (χ0v) is 27.9. The third-order valence-corrected chi connectivity index (χ3v) is 10.5. The molecule has 2 N–H and O–H groups in total. The van der Waals surface area contributed by atoms with Crippen LogP contribution >= 0.6 is 11.6 Å². The number of aliphatic hydroxyl groups is 1. The minimum Gasteiger partial charge on any atom is -0.395 e. The number of anilines is 3. The fraction of sp³-hybridized carbons (Fsp3) is 0.472. The van der Waals surface area contributed by atoms with E-state index in [1.165, 1.54) is 0 Å². The van der Waals surface area contributed by atoms with Crippen molar-refractivity contribution in [3.63, 3.8) is 0 Å². The SMILES string of the molecule is CC1CN(C2CCN(C(=O)c3ccc(Nc4nc5c(N6CCC(CO)(c7ccc(Cl)cc7)CC6)cccn5n4)cc3)CC2)CC(C)O1. The molecule has 2 atom stereocenters. The molecule has 1 amide bonds. The van der Waals surface area contributed by atoms with E-state index in [0.717, 1.165) is 87.5 Å². The minimum absolute atomic E-state index is 0.0806. The first kappa shape index (κ1) is 31.9. The van der Waals surface area contributed by atoms with Crippen LogP contribution in [-0.2, 0) is 10.2 Å². The topological polar surface area (TPSA) is 98.5 Å². The normalized spacial score (nSPS) is 22.5. The molecule has 0 aliphatic carbocycles. The maximum Gasteiger partial charge on any atom is 0.253 e. The number of piperidine rings is 2. The number of fused-ring (bicyclic) bond motifs is 1. The predicted molar refractivity (Wildman–Crippen MR) is 185 cm³/mol. The molecule has 0 saturated carbocycles. The lowest BCUT2D eigenvalue weighted by molar-refractivity contribution is -0.0856. The molecule has 5 heterocycles.